The highest BCUT2D eigenvalue weighted by Gasteiger charge is 2.24. The highest BCUT2D eigenvalue weighted by molar-refractivity contribution is 7.19. The maximum Gasteiger partial charge on any atom is 0.227 e. The topological polar surface area (TPSA) is 62.7 Å². The molecule has 2 aromatic heterocycles. The van der Waals surface area contributed by atoms with Gasteiger partial charge in [-0.15, -0.1) is 0 Å². The van der Waals surface area contributed by atoms with Crippen LogP contribution in [0.1, 0.15) is 32.0 Å². The monoisotopic (exact) mass is 369 g/mol. The number of halogens is 1. The lowest BCUT2D eigenvalue weighted by Crippen LogP contribution is -2.25. The number of nitrogens with zero attached hydrogens (tertiary/aromatic N) is 3. The Morgan fingerprint density at radius 3 is 2.58 bits per heavy atom. The lowest BCUT2D eigenvalue weighted by atomic mass is 10.00. The van der Waals surface area contributed by atoms with Gasteiger partial charge in [-0.25, -0.2) is 19.3 Å². The molecular formula is C19H20FN5S. The third kappa shape index (κ3) is 3.53. The summed E-state index contributed by atoms with van der Waals surface area (Å²) in [4.78, 5) is 15.0. The van der Waals surface area contributed by atoms with Crippen LogP contribution in [0, 0.1) is 5.82 Å². The summed E-state index contributed by atoms with van der Waals surface area (Å²) < 4.78 is 13.1. The number of aromatic nitrogens is 3. The Balaban J connectivity index is 1.65. The molecule has 1 aliphatic rings. The van der Waals surface area contributed by atoms with Crippen molar-refractivity contribution in [3.8, 4) is 10.6 Å². The summed E-state index contributed by atoms with van der Waals surface area (Å²) in [5.74, 6) is 0.233. The number of anilines is 3. The van der Waals surface area contributed by atoms with E-state index in [-0.39, 0.29) is 11.4 Å². The van der Waals surface area contributed by atoms with Gasteiger partial charge in [0.2, 0.25) is 5.95 Å². The van der Waals surface area contributed by atoms with Crippen LogP contribution >= 0.6 is 11.3 Å². The number of benzene rings is 1. The second kappa shape index (κ2) is 6.32. The quantitative estimate of drug-likeness (QED) is 0.695. The van der Waals surface area contributed by atoms with E-state index in [1.807, 2.05) is 6.20 Å². The molecule has 0 aliphatic heterocycles. The number of fused-ring (bicyclic) bond motifs is 3. The van der Waals surface area contributed by atoms with Crippen LogP contribution in [-0.4, -0.2) is 20.5 Å². The second-order valence-corrected chi connectivity index (χ2v) is 8.37. The van der Waals surface area contributed by atoms with Crippen molar-refractivity contribution in [1.82, 2.24) is 15.0 Å². The van der Waals surface area contributed by atoms with Crippen molar-refractivity contribution >= 4 is 28.1 Å². The molecule has 5 nitrogen and oxygen atoms in total. The van der Waals surface area contributed by atoms with Gasteiger partial charge >= 0.3 is 0 Å². The lowest BCUT2D eigenvalue weighted by molar-refractivity contribution is 0.628. The molecule has 1 aromatic carbocycles. The zero-order valence-electron chi connectivity index (χ0n) is 14.9. The Bertz CT molecular complexity index is 944. The summed E-state index contributed by atoms with van der Waals surface area (Å²) in [6.07, 6.45) is 3.66. The van der Waals surface area contributed by atoms with Crippen molar-refractivity contribution in [2.45, 2.75) is 39.2 Å². The Labute approximate surface area is 155 Å². The molecule has 0 spiro atoms. The minimum Gasteiger partial charge on any atom is -0.357 e. The van der Waals surface area contributed by atoms with E-state index in [1.165, 1.54) is 12.1 Å². The average Bonchev–Trinajstić information content (AvgIpc) is 2.98. The fourth-order valence-corrected chi connectivity index (χ4v) is 4.09. The molecule has 4 rings (SSSR count). The van der Waals surface area contributed by atoms with Crippen LogP contribution in [0.3, 0.4) is 0 Å². The lowest BCUT2D eigenvalue weighted by Gasteiger charge is -2.19. The molecule has 1 aliphatic carbocycles. The molecule has 0 unspecified atom stereocenters. The fourth-order valence-electron chi connectivity index (χ4n) is 2.84. The van der Waals surface area contributed by atoms with E-state index in [0.29, 0.717) is 5.95 Å². The first-order valence-corrected chi connectivity index (χ1v) is 9.36. The van der Waals surface area contributed by atoms with E-state index < -0.39 is 0 Å². The minimum absolute atomic E-state index is 0.0375. The smallest absolute Gasteiger partial charge is 0.227 e. The summed E-state index contributed by atoms with van der Waals surface area (Å²) in [5, 5.41) is 7.50. The highest BCUT2D eigenvalue weighted by Crippen LogP contribution is 2.39. The summed E-state index contributed by atoms with van der Waals surface area (Å²) in [7, 11) is 0. The first kappa shape index (κ1) is 16.9. The first-order valence-electron chi connectivity index (χ1n) is 8.54. The molecule has 0 saturated heterocycles. The predicted octanol–water partition coefficient (Wildman–Crippen LogP) is 4.79. The molecule has 0 amide bonds. The van der Waals surface area contributed by atoms with Gasteiger partial charge in [0.15, 0.2) is 5.13 Å². The third-order valence-corrected chi connectivity index (χ3v) is 5.01. The molecule has 0 bridgehead atoms. The maximum atomic E-state index is 13.1. The van der Waals surface area contributed by atoms with Gasteiger partial charge in [-0.1, -0.05) is 11.3 Å². The van der Waals surface area contributed by atoms with E-state index in [9.17, 15) is 4.39 Å². The molecule has 134 valence electrons. The van der Waals surface area contributed by atoms with Gasteiger partial charge in [0.25, 0.3) is 0 Å². The zero-order valence-corrected chi connectivity index (χ0v) is 15.7. The molecule has 26 heavy (non-hydrogen) atoms. The number of hydrogen-bond donors (Lipinski definition) is 2. The van der Waals surface area contributed by atoms with Crippen molar-refractivity contribution in [3.05, 3.63) is 47.5 Å². The van der Waals surface area contributed by atoms with Crippen LogP contribution in [0.5, 0.6) is 0 Å². The summed E-state index contributed by atoms with van der Waals surface area (Å²) in [6, 6.07) is 6.15. The summed E-state index contributed by atoms with van der Waals surface area (Å²) in [5.41, 5.74) is 3.87. The van der Waals surface area contributed by atoms with Crippen molar-refractivity contribution in [3.63, 3.8) is 0 Å². The van der Waals surface area contributed by atoms with Crippen LogP contribution in [-0.2, 0) is 12.8 Å². The number of nitrogens with one attached hydrogen (secondary N) is 2. The van der Waals surface area contributed by atoms with E-state index in [1.54, 1.807) is 23.5 Å². The first-order chi connectivity index (χ1) is 12.4. The molecule has 0 saturated carbocycles. The van der Waals surface area contributed by atoms with Crippen molar-refractivity contribution < 1.29 is 4.39 Å². The SMILES string of the molecule is CC(C)(C)Nc1nc2c(s1)-c1nc(Nc3ccc(F)cc3)ncc1CC2. The van der Waals surface area contributed by atoms with Crippen molar-refractivity contribution in [2.75, 3.05) is 10.6 Å². The molecule has 0 radical (unpaired) electrons. The van der Waals surface area contributed by atoms with E-state index >= 15 is 0 Å². The van der Waals surface area contributed by atoms with Crippen LogP contribution in [0.25, 0.3) is 10.6 Å². The predicted molar refractivity (Wildman–Crippen MR) is 104 cm³/mol. The number of aryl methyl sites for hydroxylation is 2. The molecule has 2 N–H and O–H groups in total. The largest absolute Gasteiger partial charge is 0.357 e. The van der Waals surface area contributed by atoms with Crippen molar-refractivity contribution in [2.24, 2.45) is 0 Å². The van der Waals surface area contributed by atoms with Crippen LogP contribution in [0.15, 0.2) is 30.5 Å². The van der Waals surface area contributed by atoms with E-state index in [4.69, 9.17) is 9.97 Å². The average molecular weight is 369 g/mol. The van der Waals surface area contributed by atoms with Gasteiger partial charge < -0.3 is 10.6 Å². The maximum absolute atomic E-state index is 13.1. The van der Waals surface area contributed by atoms with Gasteiger partial charge in [0, 0.05) is 17.4 Å². The third-order valence-electron chi connectivity index (χ3n) is 3.99. The summed E-state index contributed by atoms with van der Waals surface area (Å²) >= 11 is 1.63. The molecule has 0 fully saturated rings. The van der Waals surface area contributed by atoms with Gasteiger partial charge in [-0.2, -0.15) is 0 Å². The van der Waals surface area contributed by atoms with Crippen LogP contribution < -0.4 is 10.6 Å². The van der Waals surface area contributed by atoms with Gasteiger partial charge in [0.05, 0.1) is 16.3 Å². The minimum atomic E-state index is -0.268. The Morgan fingerprint density at radius 1 is 1.08 bits per heavy atom. The summed E-state index contributed by atoms with van der Waals surface area (Å²) in [6.45, 7) is 6.36. The van der Waals surface area contributed by atoms with Crippen LogP contribution in [0.2, 0.25) is 0 Å². The van der Waals surface area contributed by atoms with Crippen LogP contribution in [0.4, 0.5) is 21.2 Å². The molecule has 3 aromatic rings. The molecule has 0 atom stereocenters. The van der Waals surface area contributed by atoms with E-state index in [2.05, 4.69) is 36.4 Å². The highest BCUT2D eigenvalue weighted by atomic mass is 32.1. The molecule has 2 heterocycles. The Morgan fingerprint density at radius 2 is 1.85 bits per heavy atom. The van der Waals surface area contributed by atoms with Crippen molar-refractivity contribution in [1.29, 1.82) is 0 Å². The second-order valence-electron chi connectivity index (χ2n) is 7.37. The Kier molecular flexibility index (Phi) is 4.11. The Hall–Kier alpha value is -2.54. The molecule has 7 heteroatoms. The molecular weight excluding hydrogens is 349 g/mol. The van der Waals surface area contributed by atoms with Gasteiger partial charge in [-0.05, 0) is 63.4 Å². The number of thiazole rings is 1. The van der Waals surface area contributed by atoms with Gasteiger partial charge in [-0.3, -0.25) is 0 Å². The standard InChI is InChI=1S/C19H20FN5S/c1-19(2,3)25-18-23-14-9-4-11-10-21-17(24-15(11)16(14)26-18)22-13-7-5-12(20)6-8-13/h5-8,10H,4,9H2,1-3H3,(H,23,25)(H,21,22,24). The number of rotatable bonds is 3. The zero-order chi connectivity index (χ0) is 18.3. The normalized spacial score (nSPS) is 13.1. The number of hydrogen-bond acceptors (Lipinski definition) is 6. The van der Waals surface area contributed by atoms with E-state index in [0.717, 1.165) is 45.5 Å². The van der Waals surface area contributed by atoms with Gasteiger partial charge in [0.1, 0.15) is 5.82 Å². The fraction of sp³-hybridized carbons (Fsp3) is 0.316.